The van der Waals surface area contributed by atoms with Gasteiger partial charge >= 0.3 is 0 Å². The van der Waals surface area contributed by atoms with Crippen molar-refractivity contribution < 1.29 is 13.9 Å². The van der Waals surface area contributed by atoms with Crippen LogP contribution < -0.4 is 14.8 Å². The lowest BCUT2D eigenvalue weighted by atomic mass is 10.2. The summed E-state index contributed by atoms with van der Waals surface area (Å²) in [6.07, 6.45) is 1.75. The third-order valence-electron chi connectivity index (χ3n) is 3.59. The van der Waals surface area contributed by atoms with E-state index in [1.807, 2.05) is 17.5 Å². The van der Waals surface area contributed by atoms with E-state index in [2.05, 4.69) is 26.2 Å². The van der Waals surface area contributed by atoms with Crippen LogP contribution in [-0.2, 0) is 13.2 Å². The summed E-state index contributed by atoms with van der Waals surface area (Å²) in [5.41, 5.74) is 1.70. The van der Waals surface area contributed by atoms with Crippen molar-refractivity contribution in [3.05, 3.63) is 68.3 Å². The largest absolute Gasteiger partial charge is 0.493 e. The summed E-state index contributed by atoms with van der Waals surface area (Å²) in [7, 11) is 1.58. The lowest BCUT2D eigenvalue weighted by Crippen LogP contribution is -2.03. The van der Waals surface area contributed by atoms with E-state index in [0.29, 0.717) is 28.6 Å². The number of benzene rings is 2. The minimum atomic E-state index is -0.379. The van der Waals surface area contributed by atoms with Crippen LogP contribution in [0.3, 0.4) is 0 Å². The van der Waals surface area contributed by atoms with Crippen molar-refractivity contribution in [1.29, 1.82) is 0 Å². The van der Waals surface area contributed by atoms with Crippen LogP contribution in [0.15, 0.2) is 46.4 Å². The molecule has 4 nitrogen and oxygen atoms in total. The number of nitrogens with zero attached hydrogens (tertiary/aromatic N) is 1. The quantitative estimate of drug-likeness (QED) is 0.480. The van der Waals surface area contributed by atoms with E-state index in [1.54, 1.807) is 19.4 Å². The van der Waals surface area contributed by atoms with Gasteiger partial charge in [0.1, 0.15) is 12.4 Å². The molecule has 1 heterocycles. The Bertz CT molecular complexity index is 893. The fourth-order valence-corrected chi connectivity index (χ4v) is 3.47. The molecule has 0 bridgehead atoms. The normalized spacial score (nSPS) is 10.6. The average molecular weight is 458 g/mol. The Morgan fingerprint density at radius 2 is 2.08 bits per heavy atom. The van der Waals surface area contributed by atoms with Gasteiger partial charge in [-0.05, 0) is 29.8 Å². The maximum Gasteiger partial charge on any atom is 0.182 e. The van der Waals surface area contributed by atoms with Crippen molar-refractivity contribution >= 4 is 44.0 Å². The summed E-state index contributed by atoms with van der Waals surface area (Å²) in [5.74, 6) is 0.788. The molecule has 26 heavy (non-hydrogen) atoms. The molecule has 0 saturated carbocycles. The van der Waals surface area contributed by atoms with E-state index in [1.165, 1.54) is 23.5 Å². The summed E-state index contributed by atoms with van der Waals surface area (Å²) in [6.45, 7) is 0.799. The zero-order valence-electron chi connectivity index (χ0n) is 13.8. The van der Waals surface area contributed by atoms with E-state index in [9.17, 15) is 4.39 Å². The van der Waals surface area contributed by atoms with Gasteiger partial charge in [0.15, 0.2) is 16.6 Å². The number of nitrogens with one attached hydrogen (secondary N) is 1. The van der Waals surface area contributed by atoms with Crippen LogP contribution in [0.1, 0.15) is 11.1 Å². The van der Waals surface area contributed by atoms with Crippen molar-refractivity contribution in [2.45, 2.75) is 13.2 Å². The van der Waals surface area contributed by atoms with E-state index >= 15 is 0 Å². The summed E-state index contributed by atoms with van der Waals surface area (Å²) in [4.78, 5) is 4.20. The van der Waals surface area contributed by atoms with Gasteiger partial charge in [-0.15, -0.1) is 11.3 Å². The summed E-state index contributed by atoms with van der Waals surface area (Å²) in [5, 5.41) is 6.34. The molecule has 1 aromatic heterocycles. The number of hydrogen-bond donors (Lipinski definition) is 1. The maximum atomic E-state index is 13.1. The molecule has 0 radical (unpaired) electrons. The Balaban J connectivity index is 1.73. The predicted octanol–water partition coefficient (Wildman–Crippen LogP) is 5.90. The molecule has 8 heteroatoms. The smallest absolute Gasteiger partial charge is 0.182 e. The van der Waals surface area contributed by atoms with Gasteiger partial charge in [0.25, 0.3) is 0 Å². The highest BCUT2D eigenvalue weighted by Gasteiger charge is 2.12. The van der Waals surface area contributed by atoms with Crippen LogP contribution in [0.4, 0.5) is 9.52 Å². The van der Waals surface area contributed by atoms with Crippen LogP contribution >= 0.6 is 38.9 Å². The van der Waals surface area contributed by atoms with Crippen molar-refractivity contribution in [2.75, 3.05) is 12.4 Å². The first-order valence-corrected chi connectivity index (χ1v) is 9.68. The third-order valence-corrected chi connectivity index (χ3v) is 5.41. The summed E-state index contributed by atoms with van der Waals surface area (Å²) >= 11 is 11.1. The maximum absolute atomic E-state index is 13.1. The molecular weight excluding hydrogens is 443 g/mol. The first kappa shape index (κ1) is 18.9. The van der Waals surface area contributed by atoms with Crippen molar-refractivity contribution in [1.82, 2.24) is 4.98 Å². The number of halogens is 3. The molecule has 0 saturated heterocycles. The minimum absolute atomic E-state index is 0.207. The molecule has 3 aromatic rings. The SMILES string of the molecule is COc1cc(CNc2nccs2)c(Br)cc1OCc1ccc(F)cc1Cl. The molecule has 0 fully saturated rings. The topological polar surface area (TPSA) is 43.4 Å². The molecule has 0 unspecified atom stereocenters. The van der Waals surface area contributed by atoms with E-state index in [0.717, 1.165) is 15.2 Å². The average Bonchev–Trinajstić information content (AvgIpc) is 3.13. The van der Waals surface area contributed by atoms with E-state index in [-0.39, 0.29) is 12.4 Å². The van der Waals surface area contributed by atoms with Gasteiger partial charge in [0.05, 0.1) is 12.1 Å². The first-order valence-electron chi connectivity index (χ1n) is 7.63. The van der Waals surface area contributed by atoms with Crippen molar-refractivity contribution in [3.8, 4) is 11.5 Å². The second kappa shape index (κ2) is 8.70. The molecule has 2 aromatic carbocycles. The number of rotatable bonds is 7. The van der Waals surface area contributed by atoms with Crippen molar-refractivity contribution in [3.63, 3.8) is 0 Å². The molecule has 0 aliphatic rings. The van der Waals surface area contributed by atoms with Gasteiger partial charge in [0, 0.05) is 28.2 Å². The number of ether oxygens (including phenoxy) is 2. The van der Waals surface area contributed by atoms with Crippen LogP contribution in [0.5, 0.6) is 11.5 Å². The molecule has 0 aliphatic heterocycles. The lowest BCUT2D eigenvalue weighted by Gasteiger charge is -2.15. The van der Waals surface area contributed by atoms with Crippen LogP contribution in [-0.4, -0.2) is 12.1 Å². The lowest BCUT2D eigenvalue weighted by molar-refractivity contribution is 0.284. The second-order valence-electron chi connectivity index (χ2n) is 5.31. The number of anilines is 1. The van der Waals surface area contributed by atoms with Gasteiger partial charge in [-0.3, -0.25) is 0 Å². The predicted molar refractivity (Wildman–Crippen MR) is 106 cm³/mol. The van der Waals surface area contributed by atoms with E-state index in [4.69, 9.17) is 21.1 Å². The monoisotopic (exact) mass is 456 g/mol. The zero-order chi connectivity index (χ0) is 18.5. The van der Waals surface area contributed by atoms with Crippen LogP contribution in [0.2, 0.25) is 5.02 Å². The second-order valence-corrected chi connectivity index (χ2v) is 7.47. The Hall–Kier alpha value is -1.83. The highest BCUT2D eigenvalue weighted by atomic mass is 79.9. The van der Waals surface area contributed by atoms with Gasteiger partial charge in [-0.1, -0.05) is 33.6 Å². The van der Waals surface area contributed by atoms with Gasteiger partial charge in [-0.2, -0.15) is 0 Å². The summed E-state index contributed by atoms with van der Waals surface area (Å²) < 4.78 is 25.3. The highest BCUT2D eigenvalue weighted by molar-refractivity contribution is 9.10. The van der Waals surface area contributed by atoms with E-state index < -0.39 is 0 Å². The number of aromatic nitrogens is 1. The molecule has 0 amide bonds. The molecule has 0 spiro atoms. The number of hydrogen-bond acceptors (Lipinski definition) is 5. The van der Waals surface area contributed by atoms with Gasteiger partial charge in [0.2, 0.25) is 0 Å². The van der Waals surface area contributed by atoms with Gasteiger partial charge in [-0.25, -0.2) is 9.37 Å². The Morgan fingerprint density at radius 3 is 2.77 bits per heavy atom. The number of thiazole rings is 1. The number of methoxy groups -OCH3 is 1. The first-order chi connectivity index (χ1) is 12.6. The molecule has 3 rings (SSSR count). The fraction of sp³-hybridized carbons (Fsp3) is 0.167. The van der Waals surface area contributed by atoms with Crippen molar-refractivity contribution in [2.24, 2.45) is 0 Å². The Kier molecular flexibility index (Phi) is 6.34. The minimum Gasteiger partial charge on any atom is -0.493 e. The Morgan fingerprint density at radius 1 is 1.23 bits per heavy atom. The third kappa shape index (κ3) is 4.66. The zero-order valence-corrected chi connectivity index (χ0v) is 16.9. The van der Waals surface area contributed by atoms with Gasteiger partial charge < -0.3 is 14.8 Å². The molecule has 0 atom stereocenters. The standard InChI is InChI=1S/C18H15BrClFN2O2S/c1-24-16-6-12(9-23-18-22-4-5-26-18)14(19)8-17(16)25-10-11-2-3-13(21)7-15(11)20/h2-8H,9-10H2,1H3,(H,22,23). The molecule has 0 aliphatic carbocycles. The summed E-state index contributed by atoms with van der Waals surface area (Å²) in [6, 6.07) is 7.96. The Labute approximate surface area is 168 Å². The van der Waals surface area contributed by atoms with Crippen LogP contribution in [0.25, 0.3) is 0 Å². The highest BCUT2D eigenvalue weighted by Crippen LogP contribution is 2.35. The van der Waals surface area contributed by atoms with Crippen LogP contribution in [0, 0.1) is 5.82 Å². The fourth-order valence-electron chi connectivity index (χ4n) is 2.26. The molecular formula is C18H15BrClFN2O2S. The molecule has 136 valence electrons. The molecule has 1 N–H and O–H groups in total.